The summed E-state index contributed by atoms with van der Waals surface area (Å²) < 4.78 is 0. The maximum atomic E-state index is 3.63. The molecule has 0 aromatic rings. The van der Waals surface area contributed by atoms with Crippen LogP contribution in [0.4, 0.5) is 0 Å². The summed E-state index contributed by atoms with van der Waals surface area (Å²) in [5, 5.41) is 3.63. The molecule has 1 N–H and O–H groups in total. The lowest BCUT2D eigenvalue weighted by molar-refractivity contribution is 0.287. The van der Waals surface area contributed by atoms with Crippen LogP contribution in [-0.4, -0.2) is 13.1 Å². The SMILES string of the molecule is C1CCC(CCNCCC2CCC2)CC1. The van der Waals surface area contributed by atoms with Crippen LogP contribution >= 0.6 is 0 Å². The maximum absolute atomic E-state index is 3.63. The number of rotatable bonds is 6. The molecule has 0 radical (unpaired) electrons. The van der Waals surface area contributed by atoms with Crippen molar-refractivity contribution in [3.63, 3.8) is 0 Å². The van der Waals surface area contributed by atoms with Crippen LogP contribution in [0.5, 0.6) is 0 Å². The highest BCUT2D eigenvalue weighted by Gasteiger charge is 2.16. The van der Waals surface area contributed by atoms with Gasteiger partial charge in [0.15, 0.2) is 0 Å². The van der Waals surface area contributed by atoms with E-state index in [2.05, 4.69) is 5.32 Å². The van der Waals surface area contributed by atoms with Gasteiger partial charge in [0.25, 0.3) is 0 Å². The van der Waals surface area contributed by atoms with E-state index in [0.717, 1.165) is 11.8 Å². The highest BCUT2D eigenvalue weighted by Crippen LogP contribution is 2.29. The Labute approximate surface area is 95.0 Å². The first-order valence-electron chi connectivity index (χ1n) is 7.16. The summed E-state index contributed by atoms with van der Waals surface area (Å²) in [7, 11) is 0. The minimum Gasteiger partial charge on any atom is -0.317 e. The van der Waals surface area contributed by atoms with Crippen molar-refractivity contribution in [1.29, 1.82) is 0 Å². The first-order chi connectivity index (χ1) is 7.45. The van der Waals surface area contributed by atoms with Gasteiger partial charge in [0.2, 0.25) is 0 Å². The van der Waals surface area contributed by atoms with E-state index >= 15 is 0 Å². The molecule has 0 aromatic heterocycles. The Balaban J connectivity index is 1.40. The molecule has 2 aliphatic carbocycles. The Morgan fingerprint density at radius 3 is 1.67 bits per heavy atom. The molecular formula is C14H27N. The van der Waals surface area contributed by atoms with Gasteiger partial charge in [0, 0.05) is 0 Å². The molecule has 1 heteroatoms. The molecule has 2 aliphatic rings. The van der Waals surface area contributed by atoms with Gasteiger partial charge in [-0.3, -0.25) is 0 Å². The molecule has 0 spiro atoms. The Hall–Kier alpha value is -0.0400. The molecule has 0 aliphatic heterocycles. The van der Waals surface area contributed by atoms with E-state index in [9.17, 15) is 0 Å². The normalized spacial score (nSPS) is 24.0. The van der Waals surface area contributed by atoms with Crippen LogP contribution < -0.4 is 5.32 Å². The second-order valence-corrected chi connectivity index (χ2v) is 5.63. The van der Waals surface area contributed by atoms with Crippen molar-refractivity contribution in [2.24, 2.45) is 11.8 Å². The molecule has 1 nitrogen and oxygen atoms in total. The Morgan fingerprint density at radius 1 is 0.667 bits per heavy atom. The lowest BCUT2D eigenvalue weighted by atomic mass is 9.83. The molecular weight excluding hydrogens is 182 g/mol. The van der Waals surface area contributed by atoms with Crippen molar-refractivity contribution in [3.05, 3.63) is 0 Å². The standard InChI is InChI=1S/C14H27N/c1-2-5-13(6-3-1)9-11-15-12-10-14-7-4-8-14/h13-15H,1-12H2. The summed E-state index contributed by atoms with van der Waals surface area (Å²) in [4.78, 5) is 0. The number of hydrogen-bond acceptors (Lipinski definition) is 1. The van der Waals surface area contributed by atoms with E-state index in [4.69, 9.17) is 0 Å². The molecule has 0 heterocycles. The van der Waals surface area contributed by atoms with Crippen molar-refractivity contribution < 1.29 is 0 Å². The largest absolute Gasteiger partial charge is 0.317 e. The highest BCUT2D eigenvalue weighted by atomic mass is 14.8. The first-order valence-corrected chi connectivity index (χ1v) is 7.16. The first kappa shape index (κ1) is 11.4. The van der Waals surface area contributed by atoms with Crippen molar-refractivity contribution in [1.82, 2.24) is 5.32 Å². The molecule has 0 unspecified atom stereocenters. The van der Waals surface area contributed by atoms with Gasteiger partial charge < -0.3 is 5.32 Å². The fourth-order valence-corrected chi connectivity index (χ4v) is 2.99. The third-order valence-electron chi connectivity index (χ3n) is 4.41. The van der Waals surface area contributed by atoms with E-state index in [1.165, 1.54) is 77.3 Å². The molecule has 0 atom stereocenters. The molecule has 15 heavy (non-hydrogen) atoms. The zero-order chi connectivity index (χ0) is 10.3. The lowest BCUT2D eigenvalue weighted by Gasteiger charge is -2.25. The van der Waals surface area contributed by atoms with Gasteiger partial charge >= 0.3 is 0 Å². The fourth-order valence-electron chi connectivity index (χ4n) is 2.99. The van der Waals surface area contributed by atoms with Gasteiger partial charge in [-0.2, -0.15) is 0 Å². The van der Waals surface area contributed by atoms with Crippen LogP contribution in [0.25, 0.3) is 0 Å². The molecule has 0 aromatic carbocycles. The summed E-state index contributed by atoms with van der Waals surface area (Å²) in [6.07, 6.45) is 14.9. The Bertz CT molecular complexity index is 157. The van der Waals surface area contributed by atoms with Crippen LogP contribution in [0.2, 0.25) is 0 Å². The number of nitrogens with one attached hydrogen (secondary N) is 1. The topological polar surface area (TPSA) is 12.0 Å². The summed E-state index contributed by atoms with van der Waals surface area (Å²) in [5.41, 5.74) is 0. The zero-order valence-electron chi connectivity index (χ0n) is 10.1. The monoisotopic (exact) mass is 209 g/mol. The average molecular weight is 209 g/mol. The van der Waals surface area contributed by atoms with Crippen molar-refractivity contribution in [2.45, 2.75) is 64.2 Å². The van der Waals surface area contributed by atoms with Crippen LogP contribution in [0.15, 0.2) is 0 Å². The zero-order valence-corrected chi connectivity index (χ0v) is 10.1. The summed E-state index contributed by atoms with van der Waals surface area (Å²) in [6, 6.07) is 0. The molecule has 2 fully saturated rings. The summed E-state index contributed by atoms with van der Waals surface area (Å²) >= 11 is 0. The number of hydrogen-bond donors (Lipinski definition) is 1. The quantitative estimate of drug-likeness (QED) is 0.657. The molecule has 0 bridgehead atoms. The predicted molar refractivity (Wildman–Crippen MR) is 66.0 cm³/mol. The van der Waals surface area contributed by atoms with Crippen LogP contribution in [0, 0.1) is 11.8 Å². The summed E-state index contributed by atoms with van der Waals surface area (Å²) in [6.45, 7) is 2.55. The highest BCUT2D eigenvalue weighted by molar-refractivity contribution is 4.71. The van der Waals surface area contributed by atoms with Crippen LogP contribution in [-0.2, 0) is 0 Å². The second-order valence-electron chi connectivity index (χ2n) is 5.63. The Kier molecular flexibility index (Phi) is 4.98. The van der Waals surface area contributed by atoms with E-state index in [1.54, 1.807) is 0 Å². The minimum absolute atomic E-state index is 1.05. The Morgan fingerprint density at radius 2 is 1.20 bits per heavy atom. The fraction of sp³-hybridized carbons (Fsp3) is 1.00. The van der Waals surface area contributed by atoms with Gasteiger partial charge in [0.1, 0.15) is 0 Å². The summed E-state index contributed by atoms with van der Waals surface area (Å²) in [5.74, 6) is 2.13. The minimum atomic E-state index is 1.05. The van der Waals surface area contributed by atoms with E-state index in [1.807, 2.05) is 0 Å². The molecule has 0 saturated heterocycles. The van der Waals surface area contributed by atoms with Crippen LogP contribution in [0.1, 0.15) is 64.2 Å². The van der Waals surface area contributed by atoms with E-state index in [0.29, 0.717) is 0 Å². The molecule has 88 valence electrons. The second kappa shape index (κ2) is 6.52. The average Bonchev–Trinajstić information content (AvgIpc) is 2.22. The third kappa shape index (κ3) is 4.14. The van der Waals surface area contributed by atoms with E-state index in [-0.39, 0.29) is 0 Å². The smallest absolute Gasteiger partial charge is 0.00463 e. The van der Waals surface area contributed by atoms with Gasteiger partial charge in [-0.05, 0) is 37.8 Å². The predicted octanol–water partition coefficient (Wildman–Crippen LogP) is 3.74. The lowest BCUT2D eigenvalue weighted by Crippen LogP contribution is -2.24. The van der Waals surface area contributed by atoms with Gasteiger partial charge in [0.05, 0.1) is 0 Å². The van der Waals surface area contributed by atoms with Crippen molar-refractivity contribution in [2.75, 3.05) is 13.1 Å². The molecule has 0 amide bonds. The third-order valence-corrected chi connectivity index (χ3v) is 4.41. The van der Waals surface area contributed by atoms with Crippen molar-refractivity contribution >= 4 is 0 Å². The van der Waals surface area contributed by atoms with E-state index < -0.39 is 0 Å². The van der Waals surface area contributed by atoms with Gasteiger partial charge in [-0.15, -0.1) is 0 Å². The molecule has 2 rings (SSSR count). The van der Waals surface area contributed by atoms with Gasteiger partial charge in [-0.25, -0.2) is 0 Å². The van der Waals surface area contributed by atoms with Crippen molar-refractivity contribution in [3.8, 4) is 0 Å². The van der Waals surface area contributed by atoms with Crippen LogP contribution in [0.3, 0.4) is 0 Å². The molecule has 2 saturated carbocycles. The maximum Gasteiger partial charge on any atom is -0.00463 e. The van der Waals surface area contributed by atoms with Gasteiger partial charge in [-0.1, -0.05) is 51.4 Å².